The number of hydrogen-bond donors (Lipinski definition) is 1. The molecule has 0 spiro atoms. The number of rotatable bonds is 9. The lowest BCUT2D eigenvalue weighted by molar-refractivity contribution is 0.207. The van der Waals surface area contributed by atoms with Crippen molar-refractivity contribution in [2.45, 2.75) is 52.5 Å². The quantitative estimate of drug-likeness (QED) is 0.491. The number of nitrogens with one attached hydrogen (secondary N) is 1. The minimum absolute atomic E-state index is 0.0794. The highest BCUT2D eigenvalue weighted by molar-refractivity contribution is 6.31. The monoisotopic (exact) mass is 372 g/mol. The molecule has 0 radical (unpaired) electrons. The molecule has 2 aromatic carbocycles. The van der Waals surface area contributed by atoms with E-state index in [9.17, 15) is 4.79 Å². The highest BCUT2D eigenvalue weighted by Crippen LogP contribution is 2.20. The molecular formula is C22H29ClN2O. The van der Waals surface area contributed by atoms with Crippen molar-refractivity contribution < 1.29 is 4.79 Å². The molecule has 2 rings (SSSR count). The van der Waals surface area contributed by atoms with Gasteiger partial charge >= 0.3 is 6.03 Å². The number of halogens is 1. The number of hydrogen-bond acceptors (Lipinski definition) is 1. The van der Waals surface area contributed by atoms with Gasteiger partial charge in [0.1, 0.15) is 0 Å². The van der Waals surface area contributed by atoms with E-state index in [0.29, 0.717) is 11.6 Å². The standard InChI is InChI=1S/C22H29ClN2O/c1-3-4-5-6-10-15-25(17-19-11-8-7-9-12-19)22(26)24-20-14-13-18(2)21(23)16-20/h7-9,11-14,16H,3-6,10,15,17H2,1-2H3,(H,24,26). The van der Waals surface area contributed by atoms with Crippen molar-refractivity contribution in [2.75, 3.05) is 11.9 Å². The van der Waals surface area contributed by atoms with Crippen molar-refractivity contribution in [2.24, 2.45) is 0 Å². The molecule has 26 heavy (non-hydrogen) atoms. The Morgan fingerprint density at radius 3 is 2.46 bits per heavy atom. The highest BCUT2D eigenvalue weighted by atomic mass is 35.5. The van der Waals surface area contributed by atoms with E-state index in [0.717, 1.165) is 36.2 Å². The van der Waals surface area contributed by atoms with E-state index in [-0.39, 0.29) is 6.03 Å². The average molecular weight is 373 g/mol. The lowest BCUT2D eigenvalue weighted by Gasteiger charge is -2.23. The molecule has 0 unspecified atom stereocenters. The Labute approximate surface area is 162 Å². The molecule has 2 amide bonds. The number of unbranched alkanes of at least 4 members (excludes halogenated alkanes) is 4. The van der Waals surface area contributed by atoms with E-state index in [1.807, 2.05) is 42.2 Å². The molecule has 0 aliphatic rings. The van der Waals surface area contributed by atoms with Crippen LogP contribution >= 0.6 is 11.6 Å². The molecule has 3 nitrogen and oxygen atoms in total. The van der Waals surface area contributed by atoms with Gasteiger partial charge in [0.25, 0.3) is 0 Å². The van der Waals surface area contributed by atoms with Gasteiger partial charge in [-0.05, 0) is 36.6 Å². The van der Waals surface area contributed by atoms with Gasteiger partial charge in [-0.15, -0.1) is 0 Å². The van der Waals surface area contributed by atoms with E-state index >= 15 is 0 Å². The fourth-order valence-electron chi connectivity index (χ4n) is 2.84. The maximum atomic E-state index is 12.8. The molecule has 0 saturated heterocycles. The summed E-state index contributed by atoms with van der Waals surface area (Å²) in [6, 6.07) is 15.7. The molecule has 0 atom stereocenters. The van der Waals surface area contributed by atoms with Crippen molar-refractivity contribution in [3.8, 4) is 0 Å². The number of carbonyl (C=O) groups excluding carboxylic acids is 1. The van der Waals surface area contributed by atoms with Gasteiger partial charge < -0.3 is 10.2 Å². The second kappa shape index (κ2) is 10.9. The van der Waals surface area contributed by atoms with Crippen molar-refractivity contribution in [1.82, 2.24) is 4.90 Å². The van der Waals surface area contributed by atoms with Gasteiger partial charge in [-0.2, -0.15) is 0 Å². The van der Waals surface area contributed by atoms with E-state index in [1.54, 1.807) is 6.07 Å². The first-order valence-electron chi connectivity index (χ1n) is 9.46. The number of anilines is 1. The maximum Gasteiger partial charge on any atom is 0.322 e. The summed E-state index contributed by atoms with van der Waals surface area (Å²) in [5.74, 6) is 0. The van der Waals surface area contributed by atoms with Crippen LogP contribution in [-0.2, 0) is 6.54 Å². The van der Waals surface area contributed by atoms with Crippen molar-refractivity contribution in [3.63, 3.8) is 0 Å². The number of carbonyl (C=O) groups is 1. The van der Waals surface area contributed by atoms with Crippen LogP contribution in [0.25, 0.3) is 0 Å². The fourth-order valence-corrected chi connectivity index (χ4v) is 3.02. The maximum absolute atomic E-state index is 12.8. The minimum atomic E-state index is -0.0794. The Bertz CT molecular complexity index is 688. The highest BCUT2D eigenvalue weighted by Gasteiger charge is 2.14. The number of nitrogens with zero attached hydrogens (tertiary/aromatic N) is 1. The minimum Gasteiger partial charge on any atom is -0.320 e. The van der Waals surface area contributed by atoms with E-state index < -0.39 is 0 Å². The lowest BCUT2D eigenvalue weighted by Crippen LogP contribution is -2.35. The summed E-state index contributed by atoms with van der Waals surface area (Å²) in [5, 5.41) is 3.65. The molecule has 2 aromatic rings. The zero-order chi connectivity index (χ0) is 18.8. The third-order valence-electron chi connectivity index (χ3n) is 4.46. The van der Waals surface area contributed by atoms with Gasteiger partial charge in [-0.25, -0.2) is 4.79 Å². The van der Waals surface area contributed by atoms with E-state index in [1.165, 1.54) is 19.3 Å². The molecule has 0 aliphatic carbocycles. The Morgan fingerprint density at radius 2 is 1.77 bits per heavy atom. The Hall–Kier alpha value is -2.00. The molecule has 0 bridgehead atoms. The van der Waals surface area contributed by atoms with Gasteiger partial charge in [0.05, 0.1) is 0 Å². The van der Waals surface area contributed by atoms with Crippen molar-refractivity contribution in [1.29, 1.82) is 0 Å². The van der Waals surface area contributed by atoms with Gasteiger partial charge in [0.15, 0.2) is 0 Å². The molecule has 0 aromatic heterocycles. The van der Waals surface area contributed by atoms with Crippen LogP contribution in [0.5, 0.6) is 0 Å². The molecule has 140 valence electrons. The van der Waals surface area contributed by atoms with Crippen LogP contribution in [0.3, 0.4) is 0 Å². The van der Waals surface area contributed by atoms with Crippen LogP contribution < -0.4 is 5.32 Å². The van der Waals surface area contributed by atoms with Crippen LogP contribution in [0.2, 0.25) is 5.02 Å². The Morgan fingerprint density at radius 1 is 1.04 bits per heavy atom. The number of aryl methyl sites for hydroxylation is 1. The summed E-state index contributed by atoms with van der Waals surface area (Å²) in [6.45, 7) is 5.53. The molecular weight excluding hydrogens is 344 g/mol. The zero-order valence-electron chi connectivity index (χ0n) is 15.8. The van der Waals surface area contributed by atoms with Crippen LogP contribution in [0.15, 0.2) is 48.5 Å². The summed E-state index contributed by atoms with van der Waals surface area (Å²) in [6.07, 6.45) is 5.89. The largest absolute Gasteiger partial charge is 0.322 e. The summed E-state index contributed by atoms with van der Waals surface area (Å²) >= 11 is 6.17. The average Bonchev–Trinajstić information content (AvgIpc) is 2.64. The fraction of sp³-hybridized carbons (Fsp3) is 0.409. The van der Waals surface area contributed by atoms with Gasteiger partial charge in [-0.1, -0.05) is 80.6 Å². The molecule has 0 saturated carbocycles. The number of amides is 2. The third-order valence-corrected chi connectivity index (χ3v) is 4.87. The summed E-state index contributed by atoms with van der Waals surface area (Å²) < 4.78 is 0. The predicted molar refractivity (Wildman–Crippen MR) is 111 cm³/mol. The lowest BCUT2D eigenvalue weighted by atomic mass is 10.1. The molecule has 4 heteroatoms. The second-order valence-corrected chi connectivity index (χ2v) is 7.12. The summed E-state index contributed by atoms with van der Waals surface area (Å²) in [7, 11) is 0. The summed E-state index contributed by atoms with van der Waals surface area (Å²) in [4.78, 5) is 14.7. The normalized spacial score (nSPS) is 10.6. The zero-order valence-corrected chi connectivity index (χ0v) is 16.6. The van der Waals surface area contributed by atoms with Gasteiger partial charge in [-0.3, -0.25) is 0 Å². The molecule has 0 aliphatic heterocycles. The van der Waals surface area contributed by atoms with Crippen molar-refractivity contribution in [3.05, 3.63) is 64.7 Å². The Balaban J connectivity index is 2.00. The number of urea groups is 1. The topological polar surface area (TPSA) is 32.3 Å². The first kappa shape index (κ1) is 20.3. The van der Waals surface area contributed by atoms with Gasteiger partial charge in [0.2, 0.25) is 0 Å². The second-order valence-electron chi connectivity index (χ2n) is 6.72. The van der Waals surface area contributed by atoms with Crippen LogP contribution in [-0.4, -0.2) is 17.5 Å². The van der Waals surface area contributed by atoms with E-state index in [2.05, 4.69) is 24.4 Å². The predicted octanol–water partition coefficient (Wildman–Crippen LogP) is 6.65. The first-order chi connectivity index (χ1) is 12.6. The number of benzene rings is 2. The molecule has 0 fully saturated rings. The van der Waals surface area contributed by atoms with E-state index in [4.69, 9.17) is 11.6 Å². The smallest absolute Gasteiger partial charge is 0.320 e. The van der Waals surface area contributed by atoms with Crippen molar-refractivity contribution >= 4 is 23.3 Å². The van der Waals surface area contributed by atoms with Crippen LogP contribution in [0.1, 0.15) is 50.2 Å². The molecule has 1 N–H and O–H groups in total. The van der Waals surface area contributed by atoms with Gasteiger partial charge in [0, 0.05) is 23.8 Å². The third kappa shape index (κ3) is 6.72. The van der Waals surface area contributed by atoms with Crippen LogP contribution in [0.4, 0.5) is 10.5 Å². The van der Waals surface area contributed by atoms with Crippen LogP contribution in [0, 0.1) is 6.92 Å². The summed E-state index contributed by atoms with van der Waals surface area (Å²) in [5.41, 5.74) is 2.87. The SMILES string of the molecule is CCCCCCCN(Cc1ccccc1)C(=O)Nc1ccc(C)c(Cl)c1. The Kier molecular flexibility index (Phi) is 8.49. The first-order valence-corrected chi connectivity index (χ1v) is 9.84. The molecule has 0 heterocycles.